The second-order valence-electron chi connectivity index (χ2n) is 3.45. The minimum Gasteiger partial charge on any atom is -0.469 e. The molecule has 6 heteroatoms. The van der Waals surface area contributed by atoms with Crippen molar-refractivity contribution < 1.29 is 14.3 Å². The molecule has 0 aliphatic rings. The Kier molecular flexibility index (Phi) is 5.93. The van der Waals surface area contributed by atoms with Crippen LogP contribution in [0.25, 0.3) is 0 Å². The van der Waals surface area contributed by atoms with Gasteiger partial charge in [0.15, 0.2) is 5.13 Å². The summed E-state index contributed by atoms with van der Waals surface area (Å²) in [5.74, 6) is -0.262. The zero-order valence-electron chi connectivity index (χ0n) is 10.4. The molecule has 1 aromatic rings. The summed E-state index contributed by atoms with van der Waals surface area (Å²) in [4.78, 5) is 17.6. The molecule has 0 fully saturated rings. The Morgan fingerprint density at radius 3 is 2.88 bits per heavy atom. The molecule has 5 nitrogen and oxygen atoms in total. The first kappa shape index (κ1) is 13.9. The minimum atomic E-state index is -0.262. The van der Waals surface area contributed by atoms with E-state index >= 15 is 0 Å². The molecule has 0 aromatic carbocycles. The largest absolute Gasteiger partial charge is 0.469 e. The average molecular weight is 258 g/mol. The van der Waals surface area contributed by atoms with Crippen molar-refractivity contribution >= 4 is 22.4 Å². The van der Waals surface area contributed by atoms with E-state index in [4.69, 9.17) is 4.74 Å². The highest BCUT2D eigenvalue weighted by Crippen LogP contribution is 2.20. The van der Waals surface area contributed by atoms with Crippen LogP contribution in [0.1, 0.15) is 12.6 Å². The molecule has 0 saturated carbocycles. The Labute approximate surface area is 105 Å². The summed E-state index contributed by atoms with van der Waals surface area (Å²) in [7, 11) is 3.06. The third-order valence-electron chi connectivity index (χ3n) is 2.31. The average Bonchev–Trinajstić information content (AvgIpc) is 2.78. The molecule has 0 spiro atoms. The predicted octanol–water partition coefficient (Wildman–Crippen LogP) is 1.33. The minimum absolute atomic E-state index is 0.231. The van der Waals surface area contributed by atoms with Crippen LogP contribution in [0, 0.1) is 0 Å². The van der Waals surface area contributed by atoms with E-state index in [1.165, 1.54) is 18.4 Å². The molecule has 1 heterocycles. The molecule has 0 atom stereocenters. The van der Waals surface area contributed by atoms with Gasteiger partial charge in [0.1, 0.15) is 0 Å². The quantitative estimate of drug-likeness (QED) is 0.691. The zero-order chi connectivity index (χ0) is 12.7. The van der Waals surface area contributed by atoms with Crippen LogP contribution in [0.2, 0.25) is 0 Å². The Hall–Kier alpha value is -1.14. The van der Waals surface area contributed by atoms with E-state index in [-0.39, 0.29) is 12.4 Å². The number of carbonyl (C=O) groups is 1. The molecule has 0 unspecified atom stereocenters. The highest BCUT2D eigenvalue weighted by molar-refractivity contribution is 7.13. The molecule has 0 saturated heterocycles. The van der Waals surface area contributed by atoms with Crippen molar-refractivity contribution in [2.45, 2.75) is 13.3 Å². The van der Waals surface area contributed by atoms with Gasteiger partial charge in [0.2, 0.25) is 0 Å². The first-order valence-corrected chi connectivity index (χ1v) is 6.34. The Bertz CT molecular complexity index is 354. The van der Waals surface area contributed by atoms with Crippen LogP contribution in [-0.4, -0.2) is 44.9 Å². The van der Waals surface area contributed by atoms with Gasteiger partial charge in [-0.15, -0.1) is 11.3 Å². The normalized spacial score (nSPS) is 10.3. The van der Waals surface area contributed by atoms with Crippen LogP contribution in [0.5, 0.6) is 0 Å². The summed E-state index contributed by atoms with van der Waals surface area (Å²) in [6, 6.07) is 0. The van der Waals surface area contributed by atoms with E-state index in [0.29, 0.717) is 6.61 Å². The molecule has 0 bridgehead atoms. The summed E-state index contributed by atoms with van der Waals surface area (Å²) in [5, 5.41) is 2.81. The lowest BCUT2D eigenvalue weighted by atomic mass is 10.3. The molecule has 0 aliphatic heterocycles. The highest BCUT2D eigenvalue weighted by Gasteiger charge is 2.11. The number of likely N-dealkylation sites (N-methyl/N-ethyl adjacent to an activating group) is 1. The molecule has 0 radical (unpaired) electrons. The summed E-state index contributed by atoms with van der Waals surface area (Å²) in [6.45, 7) is 4.41. The lowest BCUT2D eigenvalue weighted by molar-refractivity contribution is -0.139. The Morgan fingerprint density at radius 2 is 2.29 bits per heavy atom. The first-order chi connectivity index (χ1) is 8.21. The van der Waals surface area contributed by atoms with Gasteiger partial charge in [0.25, 0.3) is 0 Å². The van der Waals surface area contributed by atoms with E-state index in [9.17, 15) is 4.79 Å². The highest BCUT2D eigenvalue weighted by atomic mass is 32.1. The number of ether oxygens (including phenoxy) is 2. The van der Waals surface area contributed by atoms with Gasteiger partial charge in [-0.05, 0) is 6.92 Å². The van der Waals surface area contributed by atoms with Crippen molar-refractivity contribution in [1.29, 1.82) is 0 Å². The molecule has 0 N–H and O–H groups in total. The van der Waals surface area contributed by atoms with Gasteiger partial charge in [0, 0.05) is 25.6 Å². The fourth-order valence-electron chi connectivity index (χ4n) is 1.33. The van der Waals surface area contributed by atoms with Gasteiger partial charge in [-0.25, -0.2) is 4.98 Å². The van der Waals surface area contributed by atoms with Crippen LogP contribution in [-0.2, 0) is 20.7 Å². The van der Waals surface area contributed by atoms with Crippen molar-refractivity contribution in [1.82, 2.24) is 4.98 Å². The second-order valence-corrected chi connectivity index (χ2v) is 4.28. The van der Waals surface area contributed by atoms with Gasteiger partial charge < -0.3 is 14.4 Å². The number of hydrogen-bond acceptors (Lipinski definition) is 6. The number of anilines is 1. The molecule has 0 amide bonds. The molecule has 1 rings (SSSR count). The predicted molar refractivity (Wildman–Crippen MR) is 67.6 cm³/mol. The number of aromatic nitrogens is 1. The lowest BCUT2D eigenvalue weighted by Crippen LogP contribution is -2.26. The van der Waals surface area contributed by atoms with E-state index in [0.717, 1.165) is 23.9 Å². The molecule has 0 aliphatic carbocycles. The topological polar surface area (TPSA) is 51.7 Å². The van der Waals surface area contributed by atoms with Crippen molar-refractivity contribution in [2.75, 3.05) is 38.8 Å². The third-order valence-corrected chi connectivity index (χ3v) is 3.26. The van der Waals surface area contributed by atoms with Gasteiger partial charge in [-0.1, -0.05) is 0 Å². The van der Waals surface area contributed by atoms with Crippen molar-refractivity contribution in [3.63, 3.8) is 0 Å². The smallest absolute Gasteiger partial charge is 0.311 e. The van der Waals surface area contributed by atoms with Gasteiger partial charge in [-0.3, -0.25) is 4.79 Å². The van der Waals surface area contributed by atoms with Crippen LogP contribution < -0.4 is 4.90 Å². The maximum Gasteiger partial charge on any atom is 0.311 e. The number of rotatable bonds is 7. The molecular formula is C11H18N2O3S. The zero-order valence-corrected chi connectivity index (χ0v) is 11.2. The van der Waals surface area contributed by atoms with Crippen molar-refractivity contribution in [2.24, 2.45) is 0 Å². The fraction of sp³-hybridized carbons (Fsp3) is 0.636. The second kappa shape index (κ2) is 7.24. The maximum absolute atomic E-state index is 11.1. The number of hydrogen-bond donors (Lipinski definition) is 0. The Morgan fingerprint density at radius 1 is 1.53 bits per heavy atom. The van der Waals surface area contributed by atoms with E-state index in [1.807, 2.05) is 5.38 Å². The summed E-state index contributed by atoms with van der Waals surface area (Å²) in [5.41, 5.74) is 0.757. The van der Waals surface area contributed by atoms with E-state index in [2.05, 4.69) is 21.5 Å². The molecule has 96 valence electrons. The van der Waals surface area contributed by atoms with Crippen LogP contribution in [0.15, 0.2) is 5.38 Å². The molecular weight excluding hydrogens is 240 g/mol. The number of methoxy groups -OCH3 is 2. The van der Waals surface area contributed by atoms with Crippen molar-refractivity contribution in [3.05, 3.63) is 11.1 Å². The number of thiazole rings is 1. The third kappa shape index (κ3) is 4.32. The first-order valence-electron chi connectivity index (χ1n) is 5.46. The monoisotopic (exact) mass is 258 g/mol. The standard InChI is InChI=1S/C11H18N2O3S/c1-4-13(5-6-15-2)11-12-9(8-17-11)7-10(14)16-3/h8H,4-7H2,1-3H3. The van der Waals surface area contributed by atoms with Crippen molar-refractivity contribution in [3.8, 4) is 0 Å². The molecule has 17 heavy (non-hydrogen) atoms. The van der Waals surface area contributed by atoms with Crippen LogP contribution in [0.3, 0.4) is 0 Å². The number of carbonyl (C=O) groups excluding carboxylic acids is 1. The summed E-state index contributed by atoms with van der Waals surface area (Å²) in [6.07, 6.45) is 0.231. The number of esters is 1. The lowest BCUT2D eigenvalue weighted by Gasteiger charge is -2.18. The summed E-state index contributed by atoms with van der Waals surface area (Å²) < 4.78 is 9.65. The Balaban J connectivity index is 2.61. The summed E-state index contributed by atoms with van der Waals surface area (Å²) >= 11 is 1.54. The fourth-order valence-corrected chi connectivity index (χ4v) is 2.25. The maximum atomic E-state index is 11.1. The van der Waals surface area contributed by atoms with Gasteiger partial charge in [0.05, 0.1) is 25.8 Å². The van der Waals surface area contributed by atoms with Gasteiger partial charge >= 0.3 is 5.97 Å². The van der Waals surface area contributed by atoms with Crippen LogP contribution in [0.4, 0.5) is 5.13 Å². The van der Waals surface area contributed by atoms with Crippen LogP contribution >= 0.6 is 11.3 Å². The van der Waals surface area contributed by atoms with E-state index < -0.39 is 0 Å². The molecule has 1 aromatic heterocycles. The van der Waals surface area contributed by atoms with E-state index in [1.54, 1.807) is 7.11 Å². The number of nitrogens with zero attached hydrogens (tertiary/aromatic N) is 2. The van der Waals surface area contributed by atoms with Gasteiger partial charge in [-0.2, -0.15) is 0 Å². The SMILES string of the molecule is CCN(CCOC)c1nc(CC(=O)OC)cs1.